The van der Waals surface area contributed by atoms with Crippen molar-refractivity contribution in [3.05, 3.63) is 23.5 Å². The molecule has 3 N–H and O–H groups in total. The summed E-state index contributed by atoms with van der Waals surface area (Å²) in [4.78, 5) is 16.7. The lowest BCUT2D eigenvalue weighted by Gasteiger charge is -2.26. The second kappa shape index (κ2) is 5.44. The molecule has 2 aromatic heterocycles. The van der Waals surface area contributed by atoms with Crippen molar-refractivity contribution in [2.45, 2.75) is 44.7 Å². The number of nitrogens with zero attached hydrogens (tertiary/aromatic N) is 3. The molecule has 112 valence electrons. The minimum atomic E-state index is -0.0619. The summed E-state index contributed by atoms with van der Waals surface area (Å²) in [5, 5.41) is 8.33. The predicted octanol–water partition coefficient (Wildman–Crippen LogP) is 1.28. The highest BCUT2D eigenvalue weighted by atomic mass is 16.1. The van der Waals surface area contributed by atoms with Crippen molar-refractivity contribution >= 4 is 16.9 Å². The maximum Gasteiger partial charge on any atom is 0.253 e. The third kappa shape index (κ3) is 2.76. The summed E-state index contributed by atoms with van der Waals surface area (Å²) in [6.07, 6.45) is 5.48. The Bertz CT molecular complexity index is 670. The van der Waals surface area contributed by atoms with Crippen LogP contribution in [0.5, 0.6) is 0 Å². The third-order valence-electron chi connectivity index (χ3n) is 4.23. The summed E-state index contributed by atoms with van der Waals surface area (Å²) in [6, 6.07) is 2.38. The molecule has 0 spiro atoms. The van der Waals surface area contributed by atoms with Gasteiger partial charge in [-0.25, -0.2) is 4.98 Å². The molecular weight excluding hydrogens is 266 g/mol. The molecule has 3 rings (SSSR count). The van der Waals surface area contributed by atoms with Crippen LogP contribution < -0.4 is 11.1 Å². The van der Waals surface area contributed by atoms with Crippen LogP contribution >= 0.6 is 0 Å². The first-order valence-corrected chi connectivity index (χ1v) is 7.40. The van der Waals surface area contributed by atoms with Crippen LogP contribution in [-0.2, 0) is 7.05 Å². The first kappa shape index (κ1) is 14.0. The van der Waals surface area contributed by atoms with Crippen LogP contribution in [0, 0.1) is 6.92 Å². The summed E-state index contributed by atoms with van der Waals surface area (Å²) in [6.45, 7) is 1.92. The molecule has 0 bridgehead atoms. The summed E-state index contributed by atoms with van der Waals surface area (Å²) >= 11 is 0. The number of carbonyl (C=O) groups is 1. The quantitative estimate of drug-likeness (QED) is 0.871. The van der Waals surface area contributed by atoms with Gasteiger partial charge in [0.05, 0.1) is 11.3 Å². The van der Waals surface area contributed by atoms with E-state index in [0.717, 1.165) is 42.4 Å². The number of carbonyl (C=O) groups excluding carboxylic acids is 1. The highest BCUT2D eigenvalue weighted by Gasteiger charge is 2.21. The van der Waals surface area contributed by atoms with Crippen molar-refractivity contribution in [2.75, 3.05) is 0 Å². The lowest BCUT2D eigenvalue weighted by molar-refractivity contribution is 0.0925. The van der Waals surface area contributed by atoms with Crippen LogP contribution in [0.25, 0.3) is 11.0 Å². The summed E-state index contributed by atoms with van der Waals surface area (Å²) < 4.78 is 1.73. The molecule has 0 saturated heterocycles. The molecule has 1 aliphatic rings. The lowest BCUT2D eigenvalue weighted by Crippen LogP contribution is -2.40. The number of hydrogen-bond donors (Lipinski definition) is 2. The SMILES string of the molecule is Cc1nn(C)c2ncc(C(=O)NC3CCC(N)CC3)cc12. The monoisotopic (exact) mass is 287 g/mol. The molecule has 0 unspecified atom stereocenters. The van der Waals surface area contributed by atoms with E-state index in [9.17, 15) is 4.79 Å². The Kier molecular flexibility index (Phi) is 3.63. The van der Waals surface area contributed by atoms with E-state index in [4.69, 9.17) is 5.73 Å². The zero-order valence-corrected chi connectivity index (χ0v) is 12.5. The van der Waals surface area contributed by atoms with Crippen molar-refractivity contribution in [3.63, 3.8) is 0 Å². The fourth-order valence-corrected chi connectivity index (χ4v) is 2.96. The van der Waals surface area contributed by atoms with Gasteiger partial charge in [-0.3, -0.25) is 9.48 Å². The lowest BCUT2D eigenvalue weighted by atomic mass is 9.91. The van der Waals surface area contributed by atoms with Gasteiger partial charge in [0.2, 0.25) is 0 Å². The smallest absolute Gasteiger partial charge is 0.253 e. The topological polar surface area (TPSA) is 85.8 Å². The van der Waals surface area contributed by atoms with Gasteiger partial charge < -0.3 is 11.1 Å². The second-order valence-corrected chi connectivity index (χ2v) is 5.89. The molecule has 0 aromatic carbocycles. The average molecular weight is 287 g/mol. The van der Waals surface area contributed by atoms with Crippen LogP contribution in [-0.4, -0.2) is 32.8 Å². The van der Waals surface area contributed by atoms with Crippen LogP contribution in [0.2, 0.25) is 0 Å². The maximum absolute atomic E-state index is 12.3. The number of amides is 1. The third-order valence-corrected chi connectivity index (χ3v) is 4.23. The van der Waals surface area contributed by atoms with E-state index in [1.165, 1.54) is 0 Å². The zero-order valence-electron chi connectivity index (χ0n) is 12.5. The number of nitrogens with one attached hydrogen (secondary N) is 1. The highest BCUT2D eigenvalue weighted by molar-refractivity contribution is 5.97. The second-order valence-electron chi connectivity index (χ2n) is 5.89. The molecule has 2 heterocycles. The molecule has 6 nitrogen and oxygen atoms in total. The number of pyridine rings is 1. The Morgan fingerprint density at radius 1 is 1.38 bits per heavy atom. The number of hydrogen-bond acceptors (Lipinski definition) is 4. The van der Waals surface area contributed by atoms with Gasteiger partial charge in [-0.05, 0) is 38.7 Å². The van der Waals surface area contributed by atoms with Crippen molar-refractivity contribution < 1.29 is 4.79 Å². The summed E-state index contributed by atoms with van der Waals surface area (Å²) in [5.74, 6) is -0.0619. The van der Waals surface area contributed by atoms with Gasteiger partial charge >= 0.3 is 0 Å². The Morgan fingerprint density at radius 2 is 2.10 bits per heavy atom. The summed E-state index contributed by atoms with van der Waals surface area (Å²) in [5.41, 5.74) is 8.17. The average Bonchev–Trinajstić information content (AvgIpc) is 2.76. The number of fused-ring (bicyclic) bond motifs is 1. The van der Waals surface area contributed by atoms with Gasteiger partial charge in [0.15, 0.2) is 5.65 Å². The predicted molar refractivity (Wildman–Crippen MR) is 80.9 cm³/mol. The van der Waals surface area contributed by atoms with Gasteiger partial charge in [-0.2, -0.15) is 5.10 Å². The van der Waals surface area contributed by atoms with Gasteiger partial charge in [0, 0.05) is 30.7 Å². The van der Waals surface area contributed by atoms with E-state index in [1.54, 1.807) is 10.9 Å². The number of aryl methyl sites for hydroxylation is 2. The molecule has 0 aliphatic heterocycles. The Hall–Kier alpha value is -1.95. The number of aromatic nitrogens is 3. The maximum atomic E-state index is 12.3. The van der Waals surface area contributed by atoms with E-state index in [0.29, 0.717) is 5.56 Å². The van der Waals surface area contributed by atoms with E-state index in [2.05, 4.69) is 15.4 Å². The molecule has 6 heteroatoms. The standard InChI is InChI=1S/C15H21N5O/c1-9-13-7-10(8-17-14(13)20(2)19-9)15(21)18-12-5-3-11(16)4-6-12/h7-8,11-12H,3-6,16H2,1-2H3,(H,18,21). The van der Waals surface area contributed by atoms with E-state index < -0.39 is 0 Å². The van der Waals surface area contributed by atoms with Gasteiger partial charge in [-0.15, -0.1) is 0 Å². The van der Waals surface area contributed by atoms with Crippen LogP contribution in [0.1, 0.15) is 41.7 Å². The van der Waals surface area contributed by atoms with Gasteiger partial charge in [-0.1, -0.05) is 0 Å². The molecule has 2 aromatic rings. The molecule has 1 fully saturated rings. The fraction of sp³-hybridized carbons (Fsp3) is 0.533. The highest BCUT2D eigenvalue weighted by Crippen LogP contribution is 2.19. The largest absolute Gasteiger partial charge is 0.349 e. The zero-order chi connectivity index (χ0) is 15.0. The van der Waals surface area contributed by atoms with Crippen molar-refractivity contribution in [1.29, 1.82) is 0 Å². The molecule has 0 atom stereocenters. The normalized spacial score (nSPS) is 22.4. The molecular formula is C15H21N5O. The Labute approximate surface area is 123 Å². The van der Waals surface area contributed by atoms with Crippen molar-refractivity contribution in [1.82, 2.24) is 20.1 Å². The van der Waals surface area contributed by atoms with E-state index in [-0.39, 0.29) is 18.0 Å². The first-order valence-electron chi connectivity index (χ1n) is 7.40. The van der Waals surface area contributed by atoms with Crippen LogP contribution in [0.4, 0.5) is 0 Å². The Morgan fingerprint density at radius 3 is 2.81 bits per heavy atom. The van der Waals surface area contributed by atoms with Gasteiger partial charge in [0.25, 0.3) is 5.91 Å². The van der Waals surface area contributed by atoms with E-state index >= 15 is 0 Å². The number of rotatable bonds is 2. The van der Waals surface area contributed by atoms with Crippen molar-refractivity contribution in [2.24, 2.45) is 12.8 Å². The number of nitrogens with two attached hydrogens (primary N) is 1. The molecule has 1 aliphatic carbocycles. The van der Waals surface area contributed by atoms with Crippen LogP contribution in [0.15, 0.2) is 12.3 Å². The van der Waals surface area contributed by atoms with Crippen LogP contribution in [0.3, 0.4) is 0 Å². The fourth-order valence-electron chi connectivity index (χ4n) is 2.96. The van der Waals surface area contributed by atoms with Gasteiger partial charge in [0.1, 0.15) is 0 Å². The molecule has 1 saturated carbocycles. The Balaban J connectivity index is 1.77. The molecule has 0 radical (unpaired) electrons. The minimum Gasteiger partial charge on any atom is -0.349 e. The van der Waals surface area contributed by atoms with E-state index in [1.807, 2.05) is 20.0 Å². The first-order chi connectivity index (χ1) is 10.0. The summed E-state index contributed by atoms with van der Waals surface area (Å²) in [7, 11) is 1.85. The molecule has 21 heavy (non-hydrogen) atoms. The molecule has 1 amide bonds. The minimum absolute atomic E-state index is 0.0619. The van der Waals surface area contributed by atoms with Crippen molar-refractivity contribution in [3.8, 4) is 0 Å².